The minimum absolute atomic E-state index is 0.533. The van der Waals surface area contributed by atoms with Gasteiger partial charge in [-0.1, -0.05) is 19.9 Å². The molecule has 1 aliphatic rings. The molecule has 1 heterocycles. The Labute approximate surface area is 135 Å². The number of aryl methyl sites for hydroxylation is 1. The molecule has 124 valence electrons. The van der Waals surface area contributed by atoms with Gasteiger partial charge in [0.15, 0.2) is 0 Å². The Morgan fingerprint density at radius 1 is 1.00 bits per heavy atom. The van der Waals surface area contributed by atoms with E-state index in [0.29, 0.717) is 19.1 Å². The highest BCUT2D eigenvalue weighted by atomic mass is 16.5. The van der Waals surface area contributed by atoms with Crippen molar-refractivity contribution in [2.24, 2.45) is 0 Å². The van der Waals surface area contributed by atoms with Gasteiger partial charge in [-0.05, 0) is 55.4 Å². The summed E-state index contributed by atoms with van der Waals surface area (Å²) in [5.41, 5.74) is 2.60. The number of ether oxygens (including phenoxy) is 2. The fourth-order valence-electron chi connectivity index (χ4n) is 3.03. The van der Waals surface area contributed by atoms with E-state index in [0.717, 1.165) is 18.9 Å². The summed E-state index contributed by atoms with van der Waals surface area (Å²) in [6, 6.07) is 6.48. The minimum Gasteiger partial charge on any atom is -0.491 e. The summed E-state index contributed by atoms with van der Waals surface area (Å²) in [6.07, 6.45) is 4.17. The number of piperidine rings is 1. The van der Waals surface area contributed by atoms with Gasteiger partial charge in [-0.15, -0.1) is 0 Å². The SMILES string of the molecule is Cc1cc(OCCOCC[NH+]2CCCCC2)cc(C(C)C)c1. The van der Waals surface area contributed by atoms with Crippen LogP contribution in [0.25, 0.3) is 0 Å². The van der Waals surface area contributed by atoms with Crippen molar-refractivity contribution in [3.63, 3.8) is 0 Å². The normalized spacial score (nSPS) is 16.2. The number of rotatable bonds is 8. The molecule has 1 aromatic carbocycles. The molecule has 0 saturated carbocycles. The van der Waals surface area contributed by atoms with Gasteiger partial charge in [0.1, 0.15) is 18.9 Å². The van der Waals surface area contributed by atoms with Crippen molar-refractivity contribution in [1.82, 2.24) is 0 Å². The van der Waals surface area contributed by atoms with Crippen LogP contribution in [-0.2, 0) is 4.74 Å². The van der Waals surface area contributed by atoms with Gasteiger partial charge in [0.2, 0.25) is 0 Å². The van der Waals surface area contributed by atoms with Gasteiger partial charge in [0.25, 0.3) is 0 Å². The van der Waals surface area contributed by atoms with Gasteiger partial charge in [-0.2, -0.15) is 0 Å². The molecule has 1 fully saturated rings. The van der Waals surface area contributed by atoms with E-state index in [-0.39, 0.29) is 0 Å². The van der Waals surface area contributed by atoms with Crippen LogP contribution in [0.3, 0.4) is 0 Å². The standard InChI is InChI=1S/C19H31NO2/c1-16(2)18-13-17(3)14-19(15-18)22-12-11-21-10-9-20-7-5-4-6-8-20/h13-16H,4-12H2,1-3H3/p+1. The van der Waals surface area contributed by atoms with Crippen molar-refractivity contribution in [1.29, 1.82) is 0 Å². The molecule has 0 radical (unpaired) electrons. The third-order valence-corrected chi connectivity index (χ3v) is 4.40. The maximum Gasteiger partial charge on any atom is 0.119 e. The van der Waals surface area contributed by atoms with Crippen LogP contribution in [-0.4, -0.2) is 39.5 Å². The molecular weight excluding hydrogens is 274 g/mol. The average Bonchev–Trinajstić information content (AvgIpc) is 2.51. The van der Waals surface area contributed by atoms with Crippen LogP contribution in [0.5, 0.6) is 5.75 Å². The molecule has 22 heavy (non-hydrogen) atoms. The van der Waals surface area contributed by atoms with Crippen LogP contribution in [0.2, 0.25) is 0 Å². The van der Waals surface area contributed by atoms with Crippen molar-refractivity contribution in [2.75, 3.05) is 39.5 Å². The summed E-state index contributed by atoms with van der Waals surface area (Å²) in [4.78, 5) is 1.70. The Balaban J connectivity index is 1.62. The van der Waals surface area contributed by atoms with Crippen molar-refractivity contribution < 1.29 is 14.4 Å². The Kier molecular flexibility index (Phi) is 7.20. The van der Waals surface area contributed by atoms with Crippen molar-refractivity contribution in [2.45, 2.75) is 46.0 Å². The summed E-state index contributed by atoms with van der Waals surface area (Å²) in [6.45, 7) is 12.5. The quantitative estimate of drug-likeness (QED) is 0.746. The molecule has 0 unspecified atom stereocenters. The van der Waals surface area contributed by atoms with Crippen LogP contribution in [0, 0.1) is 6.92 Å². The monoisotopic (exact) mass is 306 g/mol. The zero-order chi connectivity index (χ0) is 15.8. The lowest BCUT2D eigenvalue weighted by Crippen LogP contribution is -3.13. The molecule has 0 bridgehead atoms. The van der Waals surface area contributed by atoms with Gasteiger partial charge in [-0.25, -0.2) is 0 Å². The summed E-state index contributed by atoms with van der Waals surface area (Å²) in [7, 11) is 0. The first-order valence-corrected chi connectivity index (χ1v) is 8.81. The Morgan fingerprint density at radius 3 is 2.50 bits per heavy atom. The Morgan fingerprint density at radius 2 is 1.77 bits per heavy atom. The second-order valence-electron chi connectivity index (χ2n) is 6.76. The lowest BCUT2D eigenvalue weighted by atomic mass is 10.0. The lowest BCUT2D eigenvalue weighted by Gasteiger charge is -2.23. The highest BCUT2D eigenvalue weighted by Gasteiger charge is 2.12. The number of benzene rings is 1. The fraction of sp³-hybridized carbons (Fsp3) is 0.684. The summed E-state index contributed by atoms with van der Waals surface area (Å²) in [5.74, 6) is 1.50. The second-order valence-corrected chi connectivity index (χ2v) is 6.76. The van der Waals surface area contributed by atoms with Gasteiger partial charge in [0, 0.05) is 0 Å². The molecule has 0 atom stereocenters. The highest BCUT2D eigenvalue weighted by molar-refractivity contribution is 5.35. The van der Waals surface area contributed by atoms with E-state index in [9.17, 15) is 0 Å². The molecule has 3 heteroatoms. The van der Waals surface area contributed by atoms with Crippen LogP contribution >= 0.6 is 0 Å². The summed E-state index contributed by atoms with van der Waals surface area (Å²) < 4.78 is 11.6. The largest absolute Gasteiger partial charge is 0.491 e. The molecule has 1 saturated heterocycles. The highest BCUT2D eigenvalue weighted by Crippen LogP contribution is 2.22. The second kappa shape index (κ2) is 9.16. The van der Waals surface area contributed by atoms with E-state index in [1.807, 2.05) is 0 Å². The van der Waals surface area contributed by atoms with E-state index >= 15 is 0 Å². The Hall–Kier alpha value is -1.06. The predicted molar refractivity (Wildman–Crippen MR) is 91.0 cm³/mol. The van der Waals surface area contributed by atoms with Crippen molar-refractivity contribution in [3.05, 3.63) is 29.3 Å². The van der Waals surface area contributed by atoms with E-state index in [4.69, 9.17) is 9.47 Å². The number of hydrogen-bond donors (Lipinski definition) is 1. The maximum absolute atomic E-state index is 5.84. The molecule has 0 aliphatic carbocycles. The van der Waals surface area contributed by atoms with Gasteiger partial charge in [-0.3, -0.25) is 0 Å². The molecule has 1 aliphatic heterocycles. The van der Waals surface area contributed by atoms with Gasteiger partial charge in [0.05, 0.1) is 26.3 Å². The maximum atomic E-state index is 5.84. The number of hydrogen-bond acceptors (Lipinski definition) is 2. The fourth-order valence-corrected chi connectivity index (χ4v) is 3.03. The number of nitrogens with one attached hydrogen (secondary N) is 1. The zero-order valence-electron chi connectivity index (χ0n) is 14.5. The topological polar surface area (TPSA) is 22.9 Å². The third kappa shape index (κ3) is 5.98. The van der Waals surface area contributed by atoms with E-state index in [2.05, 4.69) is 39.0 Å². The smallest absolute Gasteiger partial charge is 0.119 e. The van der Waals surface area contributed by atoms with E-state index in [1.165, 1.54) is 43.5 Å². The zero-order valence-corrected chi connectivity index (χ0v) is 14.5. The summed E-state index contributed by atoms with van der Waals surface area (Å²) in [5, 5.41) is 0. The number of quaternary nitrogens is 1. The first-order valence-electron chi connectivity index (χ1n) is 8.81. The van der Waals surface area contributed by atoms with E-state index < -0.39 is 0 Å². The predicted octanol–water partition coefficient (Wildman–Crippen LogP) is 2.58. The molecule has 0 amide bonds. The lowest BCUT2D eigenvalue weighted by molar-refractivity contribution is -0.905. The molecule has 0 spiro atoms. The number of likely N-dealkylation sites (tertiary alicyclic amines) is 1. The molecule has 1 N–H and O–H groups in total. The van der Waals surface area contributed by atoms with Crippen LogP contribution in [0.4, 0.5) is 0 Å². The third-order valence-electron chi connectivity index (χ3n) is 4.40. The van der Waals surface area contributed by atoms with Crippen molar-refractivity contribution in [3.8, 4) is 5.75 Å². The molecule has 0 aromatic heterocycles. The molecule has 3 nitrogen and oxygen atoms in total. The first-order chi connectivity index (χ1) is 10.6. The summed E-state index contributed by atoms with van der Waals surface area (Å²) >= 11 is 0. The minimum atomic E-state index is 0.533. The average molecular weight is 306 g/mol. The molecule has 1 aromatic rings. The molecule has 2 rings (SSSR count). The molecular formula is C19H32NO2+. The van der Waals surface area contributed by atoms with Crippen LogP contribution < -0.4 is 9.64 Å². The first kappa shape index (κ1) is 17.3. The van der Waals surface area contributed by atoms with Gasteiger partial charge >= 0.3 is 0 Å². The van der Waals surface area contributed by atoms with Crippen molar-refractivity contribution >= 4 is 0 Å². The van der Waals surface area contributed by atoms with Crippen LogP contribution in [0.1, 0.15) is 50.2 Å². The van der Waals surface area contributed by atoms with E-state index in [1.54, 1.807) is 4.90 Å². The Bertz CT molecular complexity index is 439. The van der Waals surface area contributed by atoms with Gasteiger partial charge < -0.3 is 14.4 Å². The van der Waals surface area contributed by atoms with Crippen LogP contribution in [0.15, 0.2) is 18.2 Å².